The number of aromatic nitrogens is 3. The molecule has 0 bridgehead atoms. The van der Waals surface area contributed by atoms with E-state index < -0.39 is 5.41 Å². The SMILES string of the molecule is N#Cc1ccc2c(c1)C(c1ccccc1)(c1ccccc1)c1cc(-c3cc(-c4ccccn4)cc(-c4cc(-c5ccccc5)nc(-c5ccc(-c6ccccc6)cc5)n4)c3)ccc1-2. The predicted octanol–water partition coefficient (Wildman–Crippen LogP) is 14.1. The van der Waals surface area contributed by atoms with Crippen molar-refractivity contribution in [2.45, 2.75) is 5.41 Å². The summed E-state index contributed by atoms with van der Waals surface area (Å²) in [6, 6.07) is 80.8. The number of nitrogens with zero attached hydrogens (tertiary/aromatic N) is 4. The molecule has 0 N–H and O–H groups in total. The van der Waals surface area contributed by atoms with Crippen LogP contribution in [-0.4, -0.2) is 15.0 Å². The average Bonchev–Trinajstić information content (AvgIpc) is 3.67. The first-order valence-electron chi connectivity index (χ1n) is 21.1. The van der Waals surface area contributed by atoms with Crippen LogP contribution >= 0.6 is 0 Å². The second kappa shape index (κ2) is 15.8. The number of nitriles is 1. The Hall–Kier alpha value is -8.52. The maximum absolute atomic E-state index is 10.2. The van der Waals surface area contributed by atoms with E-state index in [-0.39, 0.29) is 0 Å². The molecule has 63 heavy (non-hydrogen) atoms. The van der Waals surface area contributed by atoms with E-state index >= 15 is 0 Å². The van der Waals surface area contributed by atoms with E-state index in [1.54, 1.807) is 0 Å². The van der Waals surface area contributed by atoms with Gasteiger partial charge in [-0.15, -0.1) is 0 Å². The van der Waals surface area contributed by atoms with Crippen LogP contribution in [0.15, 0.2) is 231 Å². The average molecular weight is 803 g/mol. The second-order valence-electron chi connectivity index (χ2n) is 15.9. The topological polar surface area (TPSA) is 62.5 Å². The molecule has 0 spiro atoms. The van der Waals surface area contributed by atoms with Crippen LogP contribution < -0.4 is 0 Å². The van der Waals surface area contributed by atoms with Gasteiger partial charge in [0.25, 0.3) is 0 Å². The van der Waals surface area contributed by atoms with Crippen LogP contribution in [0.5, 0.6) is 0 Å². The van der Waals surface area contributed by atoms with Crippen molar-refractivity contribution < 1.29 is 0 Å². The minimum absolute atomic E-state index is 0.636. The van der Waals surface area contributed by atoms with Crippen molar-refractivity contribution in [2.24, 2.45) is 0 Å². The van der Waals surface area contributed by atoms with Gasteiger partial charge in [0, 0.05) is 28.5 Å². The van der Waals surface area contributed by atoms with Gasteiger partial charge in [-0.05, 0) is 110 Å². The van der Waals surface area contributed by atoms with Gasteiger partial charge in [0.15, 0.2) is 5.82 Å². The minimum atomic E-state index is -0.667. The number of benzene rings is 8. The van der Waals surface area contributed by atoms with E-state index in [0.29, 0.717) is 11.4 Å². The molecule has 0 amide bonds. The number of pyridine rings is 1. The summed E-state index contributed by atoms with van der Waals surface area (Å²) in [5.74, 6) is 0.651. The summed E-state index contributed by atoms with van der Waals surface area (Å²) in [4.78, 5) is 15.3. The third-order valence-corrected chi connectivity index (χ3v) is 12.2. The maximum Gasteiger partial charge on any atom is 0.160 e. The Morgan fingerprint density at radius 2 is 0.841 bits per heavy atom. The van der Waals surface area contributed by atoms with Gasteiger partial charge in [0.2, 0.25) is 0 Å². The molecule has 2 aromatic heterocycles. The molecule has 0 saturated carbocycles. The molecule has 0 unspecified atom stereocenters. The van der Waals surface area contributed by atoms with Crippen molar-refractivity contribution >= 4 is 0 Å². The van der Waals surface area contributed by atoms with Crippen LogP contribution in [0.2, 0.25) is 0 Å². The summed E-state index contributed by atoms with van der Waals surface area (Å²) in [6.45, 7) is 0. The fourth-order valence-electron chi connectivity index (χ4n) is 9.28. The van der Waals surface area contributed by atoms with Gasteiger partial charge in [-0.2, -0.15) is 5.26 Å². The molecule has 0 atom stereocenters. The van der Waals surface area contributed by atoms with Gasteiger partial charge >= 0.3 is 0 Å². The molecule has 1 aliphatic rings. The summed E-state index contributed by atoms with van der Waals surface area (Å²) < 4.78 is 0. The van der Waals surface area contributed by atoms with Crippen molar-refractivity contribution in [2.75, 3.05) is 0 Å². The van der Waals surface area contributed by atoms with Gasteiger partial charge in [0.1, 0.15) is 0 Å². The molecule has 0 aliphatic heterocycles. The summed E-state index contributed by atoms with van der Waals surface area (Å²) in [5.41, 5.74) is 17.6. The molecular weight excluding hydrogens is 765 g/mol. The standard InChI is InChI=1S/C59H38N4/c60-39-40-24-30-51-52-31-29-45(37-54(52)59(53(51)33-40,49-19-9-3-10-20-49)50-21-11-4-12-22-50)46-34-47(55-23-13-14-32-61-55)36-48(35-46)57-38-56(43-17-7-2-8-18-43)62-58(63-57)44-27-25-42(26-28-44)41-15-5-1-6-16-41/h1-38H. The van der Waals surface area contributed by atoms with Crippen LogP contribution in [-0.2, 0) is 5.41 Å². The maximum atomic E-state index is 10.2. The number of fused-ring (bicyclic) bond motifs is 3. The third kappa shape index (κ3) is 6.70. The van der Waals surface area contributed by atoms with E-state index in [4.69, 9.17) is 15.0 Å². The highest BCUT2D eigenvalue weighted by molar-refractivity contribution is 5.90. The lowest BCUT2D eigenvalue weighted by molar-refractivity contribution is 0.768. The largest absolute Gasteiger partial charge is 0.256 e. The van der Waals surface area contributed by atoms with Crippen LogP contribution in [0, 0.1) is 11.3 Å². The lowest BCUT2D eigenvalue weighted by Gasteiger charge is -2.34. The zero-order valence-electron chi connectivity index (χ0n) is 34.2. The van der Waals surface area contributed by atoms with E-state index in [1.807, 2.05) is 48.7 Å². The van der Waals surface area contributed by atoms with Gasteiger partial charge in [-0.25, -0.2) is 9.97 Å². The monoisotopic (exact) mass is 802 g/mol. The van der Waals surface area contributed by atoms with Crippen molar-refractivity contribution in [1.29, 1.82) is 5.26 Å². The van der Waals surface area contributed by atoms with Gasteiger partial charge in [-0.3, -0.25) is 4.98 Å². The molecule has 4 nitrogen and oxygen atoms in total. The van der Waals surface area contributed by atoms with Crippen molar-refractivity contribution in [1.82, 2.24) is 15.0 Å². The highest BCUT2D eigenvalue weighted by atomic mass is 14.9. The summed E-state index contributed by atoms with van der Waals surface area (Å²) in [7, 11) is 0. The lowest BCUT2D eigenvalue weighted by atomic mass is 9.67. The fourth-order valence-corrected chi connectivity index (χ4v) is 9.28. The second-order valence-corrected chi connectivity index (χ2v) is 15.9. The van der Waals surface area contributed by atoms with Crippen LogP contribution in [0.3, 0.4) is 0 Å². The first kappa shape index (κ1) is 37.5. The number of rotatable bonds is 8. The molecule has 294 valence electrons. The zero-order valence-corrected chi connectivity index (χ0v) is 34.2. The molecule has 0 saturated heterocycles. The zero-order chi connectivity index (χ0) is 42.2. The number of hydrogen-bond acceptors (Lipinski definition) is 4. The Balaban J connectivity index is 1.12. The number of hydrogen-bond donors (Lipinski definition) is 0. The Morgan fingerprint density at radius 3 is 1.46 bits per heavy atom. The molecule has 4 heteroatoms. The highest BCUT2D eigenvalue weighted by Gasteiger charge is 2.46. The van der Waals surface area contributed by atoms with Gasteiger partial charge in [-0.1, -0.05) is 170 Å². The lowest BCUT2D eigenvalue weighted by Crippen LogP contribution is -2.28. The van der Waals surface area contributed by atoms with E-state index in [1.165, 1.54) is 5.56 Å². The van der Waals surface area contributed by atoms with Crippen LogP contribution in [0.25, 0.3) is 78.5 Å². The Kier molecular flexibility index (Phi) is 9.41. The minimum Gasteiger partial charge on any atom is -0.256 e. The predicted molar refractivity (Wildman–Crippen MR) is 254 cm³/mol. The molecule has 0 radical (unpaired) electrons. The molecule has 0 fully saturated rings. The van der Waals surface area contributed by atoms with E-state index in [9.17, 15) is 5.26 Å². The Bertz CT molecular complexity index is 3270. The molecule has 8 aromatic carbocycles. The summed E-state index contributed by atoms with van der Waals surface area (Å²) in [6.07, 6.45) is 1.84. The molecule has 1 aliphatic carbocycles. The van der Waals surface area contributed by atoms with E-state index in [2.05, 4.69) is 188 Å². The highest BCUT2D eigenvalue weighted by Crippen LogP contribution is 2.57. The molecular formula is C59H38N4. The van der Waals surface area contributed by atoms with Gasteiger partial charge < -0.3 is 0 Å². The van der Waals surface area contributed by atoms with Crippen LogP contribution in [0.1, 0.15) is 27.8 Å². The third-order valence-electron chi connectivity index (χ3n) is 12.2. The van der Waals surface area contributed by atoms with Crippen LogP contribution in [0.4, 0.5) is 0 Å². The quantitative estimate of drug-likeness (QED) is 0.153. The van der Waals surface area contributed by atoms with Crippen molar-refractivity contribution in [3.8, 4) is 84.6 Å². The molecule has 2 heterocycles. The summed E-state index contributed by atoms with van der Waals surface area (Å²) >= 11 is 0. The van der Waals surface area contributed by atoms with Gasteiger partial charge in [0.05, 0.1) is 34.1 Å². The molecule has 11 rings (SSSR count). The first-order valence-corrected chi connectivity index (χ1v) is 21.1. The Morgan fingerprint density at radius 1 is 0.349 bits per heavy atom. The molecule has 10 aromatic rings. The van der Waals surface area contributed by atoms with Crippen molar-refractivity contribution in [3.05, 3.63) is 258 Å². The fraction of sp³-hybridized carbons (Fsp3) is 0.0169. The summed E-state index contributed by atoms with van der Waals surface area (Å²) in [5, 5.41) is 10.2. The normalized spacial score (nSPS) is 12.2. The first-order chi connectivity index (χ1) is 31.2. The Labute approximate surface area is 367 Å². The van der Waals surface area contributed by atoms with Crippen molar-refractivity contribution in [3.63, 3.8) is 0 Å². The van der Waals surface area contributed by atoms with E-state index in [0.717, 1.165) is 89.4 Å². The smallest absolute Gasteiger partial charge is 0.160 e.